The van der Waals surface area contributed by atoms with Crippen molar-refractivity contribution < 1.29 is 0 Å². The van der Waals surface area contributed by atoms with Gasteiger partial charge in [0.05, 0.1) is 5.52 Å². The number of fused-ring (bicyclic) bond motifs is 11. The number of anilines is 3. The molecule has 1 atom stereocenters. The van der Waals surface area contributed by atoms with E-state index in [0.29, 0.717) is 5.92 Å². The highest BCUT2D eigenvalue weighted by atomic mass is 32.1. The van der Waals surface area contributed by atoms with E-state index in [2.05, 4.69) is 197 Å². The summed E-state index contributed by atoms with van der Waals surface area (Å²) in [4.78, 5) is 5.04. The molecule has 0 amide bonds. The van der Waals surface area contributed by atoms with Gasteiger partial charge in [-0.1, -0.05) is 133 Å². The average Bonchev–Trinajstić information content (AvgIpc) is 4.00. The Morgan fingerprint density at radius 2 is 1.05 bits per heavy atom. The maximum atomic E-state index is 2.59. The minimum atomic E-state index is 0.328. The molecule has 0 N–H and O–H groups in total. The summed E-state index contributed by atoms with van der Waals surface area (Å²) in [7, 11) is 0. The fourth-order valence-corrected chi connectivity index (χ4v) is 12.0. The van der Waals surface area contributed by atoms with Crippen molar-refractivity contribution in [3.8, 4) is 0 Å². The number of para-hydroxylation sites is 3. The molecule has 4 heterocycles. The molecule has 1 unspecified atom stereocenters. The Bertz CT molecular complexity index is 3360. The number of thiophene rings is 2. The topological polar surface area (TPSA) is 7.65 Å². The Morgan fingerprint density at radius 1 is 0.439 bits per heavy atom. The second-order valence-electron chi connectivity index (χ2n) is 15.2. The predicted molar refractivity (Wildman–Crippen MR) is 247 cm³/mol. The number of hydrogen-bond acceptors (Lipinski definition) is 3. The Morgan fingerprint density at radius 3 is 1.74 bits per heavy atom. The summed E-state index contributed by atoms with van der Waals surface area (Å²) in [6.07, 6.45) is 2.12. The zero-order chi connectivity index (χ0) is 37.5. The Kier molecular flexibility index (Phi) is 7.50. The molecule has 0 spiro atoms. The second-order valence-corrected chi connectivity index (χ2v) is 17.3. The van der Waals surface area contributed by atoms with Gasteiger partial charge in [0.2, 0.25) is 0 Å². The van der Waals surface area contributed by atoms with Crippen molar-refractivity contribution in [2.45, 2.75) is 18.8 Å². The Labute approximate surface area is 338 Å². The molecule has 0 saturated carbocycles. The molecule has 8 aromatic carbocycles. The van der Waals surface area contributed by atoms with Crippen molar-refractivity contribution in [3.63, 3.8) is 0 Å². The lowest BCUT2D eigenvalue weighted by Crippen LogP contribution is -2.09. The fourth-order valence-electron chi connectivity index (χ4n) is 9.36. The Hall–Kier alpha value is -6.46. The quantitative estimate of drug-likeness (QED) is 0.150. The van der Waals surface area contributed by atoms with E-state index in [0.717, 1.165) is 29.9 Å². The van der Waals surface area contributed by atoms with E-state index in [1.54, 1.807) is 0 Å². The van der Waals surface area contributed by atoms with Crippen LogP contribution < -0.4 is 4.90 Å². The highest BCUT2D eigenvalue weighted by molar-refractivity contribution is 7.27. The van der Waals surface area contributed by atoms with Gasteiger partial charge in [-0.15, -0.1) is 22.7 Å². The lowest BCUT2D eigenvalue weighted by atomic mass is 9.86. The van der Waals surface area contributed by atoms with Gasteiger partial charge in [0.25, 0.3) is 0 Å². The lowest BCUT2D eigenvalue weighted by Gasteiger charge is -2.25. The van der Waals surface area contributed by atoms with Crippen molar-refractivity contribution in [1.82, 2.24) is 4.40 Å². The van der Waals surface area contributed by atoms with Gasteiger partial charge < -0.3 is 4.90 Å². The number of nitrogens with zero attached hydrogens (tertiary/aromatic N) is 2. The van der Waals surface area contributed by atoms with Crippen LogP contribution in [0, 0.1) is 0 Å². The average molecular weight is 765 g/mol. The second kappa shape index (κ2) is 13.1. The van der Waals surface area contributed by atoms with Crippen LogP contribution in [0.25, 0.3) is 67.7 Å². The standard InChI is InChI=1S/C53H36N2S2/c1-5-14-34(15-6-1)24-28-42(35-16-7-2-8-17-35)37-26-29-43-47(32-37)56-52-49(43)44-22-13-23-45-50-46-31-36-25-27-41(30-38(36)33-48(46)57-53(50)55(52)51(44)45)54(39-18-9-3-10-19-39)40-20-11-4-12-21-40/h1-23,25-27,29-33,42H,24,28H2. The van der Waals surface area contributed by atoms with Gasteiger partial charge in [-0.3, -0.25) is 4.40 Å². The summed E-state index contributed by atoms with van der Waals surface area (Å²) in [5.74, 6) is 0.328. The molecule has 57 heavy (non-hydrogen) atoms. The molecule has 270 valence electrons. The normalized spacial score (nSPS) is 12.6. The molecule has 0 aliphatic carbocycles. The number of hydrogen-bond donors (Lipinski definition) is 0. The molecule has 12 rings (SSSR count). The van der Waals surface area contributed by atoms with Crippen LogP contribution in [0.1, 0.15) is 29.0 Å². The first kappa shape index (κ1) is 32.8. The minimum Gasteiger partial charge on any atom is -0.310 e. The van der Waals surface area contributed by atoms with Crippen LogP contribution in [-0.4, -0.2) is 4.40 Å². The number of aromatic nitrogens is 1. The monoisotopic (exact) mass is 764 g/mol. The summed E-state index contributed by atoms with van der Waals surface area (Å²) >= 11 is 3.89. The summed E-state index contributed by atoms with van der Waals surface area (Å²) in [6, 6.07) is 69.3. The third-order valence-electron chi connectivity index (χ3n) is 12.0. The summed E-state index contributed by atoms with van der Waals surface area (Å²) < 4.78 is 5.29. The molecule has 4 heteroatoms. The van der Waals surface area contributed by atoms with Crippen molar-refractivity contribution in [2.75, 3.05) is 4.90 Å². The van der Waals surface area contributed by atoms with E-state index in [-0.39, 0.29) is 0 Å². The van der Waals surface area contributed by atoms with Crippen molar-refractivity contribution in [1.29, 1.82) is 0 Å². The molecule has 0 saturated heterocycles. The van der Waals surface area contributed by atoms with Crippen molar-refractivity contribution in [3.05, 3.63) is 205 Å². The van der Waals surface area contributed by atoms with Crippen LogP contribution in [0.4, 0.5) is 17.1 Å². The van der Waals surface area contributed by atoms with Crippen LogP contribution >= 0.6 is 22.7 Å². The molecule has 0 fully saturated rings. The number of rotatable bonds is 8. The first-order chi connectivity index (χ1) is 28.3. The Balaban J connectivity index is 1.01. The molecular formula is C53H36N2S2. The molecule has 2 nitrogen and oxygen atoms in total. The van der Waals surface area contributed by atoms with E-state index in [9.17, 15) is 0 Å². The SMILES string of the molecule is c1ccc(CCC(c2ccccc2)c2ccc3c(c2)sc2c3c3cccc4c5c6cc7ccc(N(c8ccccc8)c8ccccc8)cc7cc6sc5n2c34)cc1. The van der Waals surface area contributed by atoms with E-state index in [1.807, 2.05) is 22.7 Å². The summed E-state index contributed by atoms with van der Waals surface area (Å²) in [6.45, 7) is 0. The van der Waals surface area contributed by atoms with Gasteiger partial charge in [-0.25, -0.2) is 0 Å². The zero-order valence-corrected chi connectivity index (χ0v) is 32.7. The van der Waals surface area contributed by atoms with Crippen LogP contribution in [0.5, 0.6) is 0 Å². The molecule has 0 radical (unpaired) electrons. The lowest BCUT2D eigenvalue weighted by molar-refractivity contribution is 0.716. The van der Waals surface area contributed by atoms with Crippen LogP contribution in [0.15, 0.2) is 188 Å². The van der Waals surface area contributed by atoms with Crippen LogP contribution in [0.3, 0.4) is 0 Å². The first-order valence-electron chi connectivity index (χ1n) is 19.8. The van der Waals surface area contributed by atoms with Gasteiger partial charge in [0.1, 0.15) is 9.66 Å². The van der Waals surface area contributed by atoms with E-state index >= 15 is 0 Å². The molecule has 0 bridgehead atoms. The third-order valence-corrected chi connectivity index (χ3v) is 14.2. The smallest absolute Gasteiger partial charge is 0.110 e. The van der Waals surface area contributed by atoms with E-state index < -0.39 is 0 Å². The number of benzene rings is 8. The van der Waals surface area contributed by atoms with Gasteiger partial charge in [0.15, 0.2) is 0 Å². The summed E-state index contributed by atoms with van der Waals surface area (Å²) in [5, 5.41) is 10.7. The van der Waals surface area contributed by atoms with Gasteiger partial charge in [-0.2, -0.15) is 0 Å². The molecule has 0 aliphatic heterocycles. The predicted octanol–water partition coefficient (Wildman–Crippen LogP) is 15.7. The third kappa shape index (κ3) is 5.21. The highest BCUT2D eigenvalue weighted by Crippen LogP contribution is 2.50. The van der Waals surface area contributed by atoms with Crippen molar-refractivity contribution >= 4 is 107 Å². The molecule has 4 aromatic heterocycles. The maximum absolute atomic E-state index is 2.59. The molecular weight excluding hydrogens is 729 g/mol. The fraction of sp³-hybridized carbons (Fsp3) is 0.0566. The first-order valence-corrected chi connectivity index (χ1v) is 21.4. The van der Waals surface area contributed by atoms with Crippen LogP contribution in [-0.2, 0) is 6.42 Å². The van der Waals surface area contributed by atoms with Gasteiger partial charge in [0, 0.05) is 64.7 Å². The largest absolute Gasteiger partial charge is 0.310 e. The van der Waals surface area contributed by atoms with Gasteiger partial charge >= 0.3 is 0 Å². The van der Waals surface area contributed by atoms with Gasteiger partial charge in [-0.05, 0) is 94.9 Å². The van der Waals surface area contributed by atoms with E-state index in [4.69, 9.17) is 0 Å². The minimum absolute atomic E-state index is 0.328. The van der Waals surface area contributed by atoms with Crippen LogP contribution in [0.2, 0.25) is 0 Å². The zero-order valence-electron chi connectivity index (χ0n) is 31.1. The molecule has 12 aromatic rings. The van der Waals surface area contributed by atoms with Crippen molar-refractivity contribution in [2.24, 2.45) is 0 Å². The van der Waals surface area contributed by atoms with E-state index in [1.165, 1.54) is 84.4 Å². The number of aryl methyl sites for hydroxylation is 1. The summed E-state index contributed by atoms with van der Waals surface area (Å²) in [5.41, 5.74) is 8.98. The highest BCUT2D eigenvalue weighted by Gasteiger charge is 2.25. The maximum Gasteiger partial charge on any atom is 0.110 e. The molecule has 0 aliphatic rings.